The van der Waals surface area contributed by atoms with Crippen LogP contribution in [0.15, 0.2) is 53.4 Å². The summed E-state index contributed by atoms with van der Waals surface area (Å²) in [5.74, 6) is 0.0235. The van der Waals surface area contributed by atoms with Crippen molar-refractivity contribution in [2.24, 2.45) is 11.3 Å². The van der Waals surface area contributed by atoms with Gasteiger partial charge in [-0.05, 0) is 60.9 Å². The average Bonchev–Trinajstić information content (AvgIpc) is 2.87. The van der Waals surface area contributed by atoms with Gasteiger partial charge in [0, 0.05) is 36.6 Å². The summed E-state index contributed by atoms with van der Waals surface area (Å²) in [6, 6.07) is 13.2. The Balaban J connectivity index is 1.65. The second-order valence-electron chi connectivity index (χ2n) is 12.3. The van der Waals surface area contributed by atoms with Gasteiger partial charge in [0.2, 0.25) is 11.8 Å². The molecule has 1 aromatic heterocycles. The summed E-state index contributed by atoms with van der Waals surface area (Å²) in [6.45, 7) is 10.8. The number of hydrogen-bond acceptors (Lipinski definition) is 7. The van der Waals surface area contributed by atoms with Crippen LogP contribution < -0.4 is 9.46 Å². The number of sulfonamides is 1. The highest BCUT2D eigenvalue weighted by atomic mass is 32.2. The lowest BCUT2D eigenvalue weighted by atomic mass is 9.82. The molecule has 1 aliphatic carbocycles. The SMILES string of the molecule is Cc1cccc(C)c1-c1cc2nc(n1)NS(=O)(=O)c1cccc(c1)C(=O)N(CC1CC(=O)C1)[C@H](CC(C)(C)C)CO2. The molecule has 0 saturated heterocycles. The summed E-state index contributed by atoms with van der Waals surface area (Å²) in [5, 5.41) is 0. The van der Waals surface area contributed by atoms with Crippen molar-refractivity contribution in [2.75, 3.05) is 17.9 Å². The molecule has 1 saturated carbocycles. The van der Waals surface area contributed by atoms with E-state index in [9.17, 15) is 18.0 Å². The van der Waals surface area contributed by atoms with Crippen LogP contribution in [-0.2, 0) is 14.8 Å². The number of Topliss-reactive ketones (excluding diaryl/α,β-unsaturated/α-hetero) is 1. The van der Waals surface area contributed by atoms with Crippen molar-refractivity contribution in [3.63, 3.8) is 0 Å². The standard InChI is InChI=1S/C31H36N4O5S/c1-19-8-6-9-20(2)28(19)26-15-27-33-30(32-26)34-41(38,39)25-11-7-10-22(14-25)29(37)35(17-21-12-24(36)13-21)23(18-40-27)16-31(3,4)5/h6-11,14-15,21,23H,12-13,16-18H2,1-5H3,(H,32,33,34)/t23-/m1/s1. The van der Waals surface area contributed by atoms with E-state index >= 15 is 0 Å². The van der Waals surface area contributed by atoms with Crippen molar-refractivity contribution in [3.05, 3.63) is 65.2 Å². The van der Waals surface area contributed by atoms with Crippen LogP contribution in [0.5, 0.6) is 5.88 Å². The Morgan fingerprint density at radius 1 is 1.00 bits per heavy atom. The molecule has 1 aliphatic heterocycles. The summed E-state index contributed by atoms with van der Waals surface area (Å²) < 4.78 is 35.7. The first-order valence-electron chi connectivity index (χ1n) is 13.8. The normalized spacial score (nSPS) is 19.2. The molecule has 0 spiro atoms. The van der Waals surface area contributed by atoms with Crippen LogP contribution in [0, 0.1) is 25.2 Å². The van der Waals surface area contributed by atoms with Crippen molar-refractivity contribution >= 4 is 27.7 Å². The number of ether oxygens (including phenoxy) is 1. The molecule has 0 radical (unpaired) electrons. The highest BCUT2D eigenvalue weighted by Crippen LogP contribution is 2.33. The Hall–Kier alpha value is -3.79. The molecule has 1 fully saturated rings. The molecular weight excluding hydrogens is 540 g/mol. The minimum atomic E-state index is -4.13. The van der Waals surface area contributed by atoms with Gasteiger partial charge in [0.25, 0.3) is 15.9 Å². The molecular formula is C31H36N4O5S. The minimum Gasteiger partial charge on any atom is -0.475 e. The van der Waals surface area contributed by atoms with Gasteiger partial charge in [-0.3, -0.25) is 9.59 Å². The molecule has 216 valence electrons. The molecule has 4 bridgehead atoms. The Morgan fingerprint density at radius 3 is 2.34 bits per heavy atom. The highest BCUT2D eigenvalue weighted by molar-refractivity contribution is 7.92. The Labute approximate surface area is 241 Å². The van der Waals surface area contributed by atoms with Crippen molar-refractivity contribution in [1.29, 1.82) is 0 Å². The molecule has 9 nitrogen and oxygen atoms in total. The maximum Gasteiger partial charge on any atom is 0.264 e. The number of benzene rings is 2. The fourth-order valence-corrected chi connectivity index (χ4v) is 6.56. The number of aryl methyl sites for hydroxylation is 2. The van der Waals surface area contributed by atoms with E-state index in [0.29, 0.717) is 31.5 Å². The summed E-state index contributed by atoms with van der Waals surface area (Å²) in [6.07, 6.45) is 1.48. The number of amides is 1. The topological polar surface area (TPSA) is 119 Å². The van der Waals surface area contributed by atoms with Crippen LogP contribution in [0.3, 0.4) is 0 Å². The minimum absolute atomic E-state index is 0.0551. The zero-order valence-corrected chi connectivity index (χ0v) is 24.9. The maximum atomic E-state index is 14.0. The molecule has 10 heteroatoms. The summed E-state index contributed by atoms with van der Waals surface area (Å²) in [4.78, 5) is 36.5. The van der Waals surface area contributed by atoms with E-state index in [1.54, 1.807) is 23.1 Å². The molecule has 1 N–H and O–H groups in total. The zero-order chi connectivity index (χ0) is 29.5. The van der Waals surface area contributed by atoms with E-state index < -0.39 is 10.0 Å². The third-order valence-corrected chi connectivity index (χ3v) is 8.84. The maximum absolute atomic E-state index is 14.0. The van der Waals surface area contributed by atoms with E-state index in [2.05, 4.69) is 35.5 Å². The van der Waals surface area contributed by atoms with Gasteiger partial charge in [-0.15, -0.1) is 0 Å². The number of hydrogen-bond donors (Lipinski definition) is 1. The summed E-state index contributed by atoms with van der Waals surface area (Å²) >= 11 is 0. The smallest absolute Gasteiger partial charge is 0.264 e. The van der Waals surface area contributed by atoms with Gasteiger partial charge in [0.15, 0.2) is 0 Å². The largest absolute Gasteiger partial charge is 0.475 e. The number of carbonyl (C=O) groups is 2. The third-order valence-electron chi connectivity index (χ3n) is 7.52. The zero-order valence-electron chi connectivity index (χ0n) is 24.1. The van der Waals surface area contributed by atoms with Gasteiger partial charge in [-0.1, -0.05) is 45.0 Å². The first-order valence-corrected chi connectivity index (χ1v) is 15.3. The summed E-state index contributed by atoms with van der Waals surface area (Å²) in [7, 11) is -4.13. The fraction of sp³-hybridized carbons (Fsp3) is 0.419. The quantitative estimate of drug-likeness (QED) is 0.455. The molecule has 5 rings (SSSR count). The molecule has 41 heavy (non-hydrogen) atoms. The first kappa shape index (κ1) is 28.7. The van der Waals surface area contributed by atoms with E-state index in [4.69, 9.17) is 4.74 Å². The Bertz CT molecular complexity index is 1580. The molecule has 2 aliphatic rings. The van der Waals surface area contributed by atoms with Crippen molar-refractivity contribution in [1.82, 2.24) is 14.9 Å². The monoisotopic (exact) mass is 576 g/mol. The average molecular weight is 577 g/mol. The second kappa shape index (κ2) is 10.9. The van der Waals surface area contributed by atoms with Crippen molar-refractivity contribution < 1.29 is 22.7 Å². The van der Waals surface area contributed by atoms with Crippen molar-refractivity contribution in [2.45, 2.75) is 64.8 Å². The molecule has 0 unspecified atom stereocenters. The number of fused-ring (bicyclic) bond motifs is 4. The van der Waals surface area contributed by atoms with Gasteiger partial charge >= 0.3 is 0 Å². The molecule has 2 heterocycles. The van der Waals surface area contributed by atoms with E-state index in [0.717, 1.165) is 16.7 Å². The predicted molar refractivity (Wildman–Crippen MR) is 156 cm³/mol. The number of nitrogens with zero attached hydrogens (tertiary/aromatic N) is 3. The van der Waals surface area contributed by atoms with Crippen LogP contribution >= 0.6 is 0 Å². The Kier molecular flexibility index (Phi) is 7.63. The lowest BCUT2D eigenvalue weighted by Gasteiger charge is -2.39. The van der Waals surface area contributed by atoms with Gasteiger partial charge < -0.3 is 9.64 Å². The number of anilines is 1. The number of ketones is 1. The molecule has 1 amide bonds. The number of rotatable bonds is 4. The molecule has 3 aromatic rings. The fourth-order valence-electron chi connectivity index (χ4n) is 5.57. The van der Waals surface area contributed by atoms with Crippen molar-refractivity contribution in [3.8, 4) is 17.1 Å². The van der Waals surface area contributed by atoms with Crippen LogP contribution in [0.25, 0.3) is 11.3 Å². The molecule has 2 aromatic carbocycles. The summed E-state index contributed by atoms with van der Waals surface area (Å²) in [5.41, 5.74) is 3.45. The van der Waals surface area contributed by atoms with E-state index in [1.165, 1.54) is 12.1 Å². The van der Waals surface area contributed by atoms with Gasteiger partial charge in [0.1, 0.15) is 12.4 Å². The highest BCUT2D eigenvalue weighted by Gasteiger charge is 2.36. The lowest BCUT2D eigenvalue weighted by molar-refractivity contribution is -0.127. The molecule has 1 atom stereocenters. The van der Waals surface area contributed by atoms with Gasteiger partial charge in [-0.25, -0.2) is 18.1 Å². The van der Waals surface area contributed by atoms with Gasteiger partial charge in [0.05, 0.1) is 16.6 Å². The Morgan fingerprint density at radius 2 is 1.68 bits per heavy atom. The van der Waals surface area contributed by atoms with E-state index in [-0.39, 0.29) is 58.0 Å². The lowest BCUT2D eigenvalue weighted by Crippen LogP contribution is -2.49. The third kappa shape index (κ3) is 6.43. The number of nitrogens with one attached hydrogen (secondary N) is 1. The second-order valence-corrected chi connectivity index (χ2v) is 14.0. The van der Waals surface area contributed by atoms with Crippen LogP contribution in [0.2, 0.25) is 0 Å². The van der Waals surface area contributed by atoms with Crippen LogP contribution in [-0.4, -0.2) is 54.2 Å². The van der Waals surface area contributed by atoms with Crippen LogP contribution in [0.1, 0.15) is 61.5 Å². The van der Waals surface area contributed by atoms with Crippen LogP contribution in [0.4, 0.5) is 5.95 Å². The predicted octanol–water partition coefficient (Wildman–Crippen LogP) is 5.18. The number of aromatic nitrogens is 2. The first-order chi connectivity index (χ1) is 19.3. The van der Waals surface area contributed by atoms with Gasteiger partial charge in [-0.2, -0.15) is 4.98 Å². The number of carbonyl (C=O) groups excluding carboxylic acids is 2. The van der Waals surface area contributed by atoms with E-state index in [1.807, 2.05) is 32.0 Å².